The number of nitrogens with one attached hydrogen (secondary N) is 1. The summed E-state index contributed by atoms with van der Waals surface area (Å²) < 4.78 is 5.52. The van der Waals surface area contributed by atoms with Gasteiger partial charge < -0.3 is 15.0 Å². The highest BCUT2D eigenvalue weighted by Crippen LogP contribution is 2.63. The molecule has 172 valence electrons. The number of benzene rings is 1. The molecule has 1 aromatic rings. The molecule has 4 aliphatic rings. The Hall–Kier alpha value is -2.01. The van der Waals surface area contributed by atoms with Crippen molar-refractivity contribution in [1.82, 2.24) is 10.2 Å². The summed E-state index contributed by atoms with van der Waals surface area (Å²) in [6.45, 7) is 4.73. The minimum Gasteiger partial charge on any atom is -0.409 e. The SMILES string of the molecule is CN1C(=O)C=C[C@]2(C)[C@H]3CC[C@]4(C)[C@@H](NC(=O)Oc5ccccc5Cl)CC[C@H]4[C@@H]3CC[C@@H]12. The number of hydrogen-bond donors (Lipinski definition) is 1. The fraction of sp³-hybridized carbons (Fsp3) is 0.615. The Morgan fingerprint density at radius 1 is 1.12 bits per heavy atom. The van der Waals surface area contributed by atoms with Crippen molar-refractivity contribution in [2.45, 2.75) is 64.5 Å². The quantitative estimate of drug-likeness (QED) is 0.644. The molecule has 0 aromatic heterocycles. The van der Waals surface area contributed by atoms with E-state index in [0.717, 1.165) is 38.5 Å². The van der Waals surface area contributed by atoms with E-state index in [9.17, 15) is 9.59 Å². The van der Waals surface area contributed by atoms with Crippen LogP contribution < -0.4 is 10.1 Å². The van der Waals surface area contributed by atoms with Crippen LogP contribution in [0.25, 0.3) is 0 Å². The number of ether oxygens (including phenoxy) is 1. The van der Waals surface area contributed by atoms with Crippen LogP contribution in [0.1, 0.15) is 52.4 Å². The maximum Gasteiger partial charge on any atom is 0.412 e. The summed E-state index contributed by atoms with van der Waals surface area (Å²) >= 11 is 6.15. The molecule has 0 radical (unpaired) electrons. The second-order valence-electron chi connectivity index (χ2n) is 10.8. The highest BCUT2D eigenvalue weighted by Gasteiger charge is 2.60. The van der Waals surface area contributed by atoms with Gasteiger partial charge in [-0.1, -0.05) is 43.7 Å². The molecule has 3 fully saturated rings. The van der Waals surface area contributed by atoms with Crippen LogP contribution in [0.15, 0.2) is 36.4 Å². The lowest BCUT2D eigenvalue weighted by atomic mass is 9.48. The van der Waals surface area contributed by atoms with Gasteiger partial charge in [-0.3, -0.25) is 4.79 Å². The molecule has 5 nitrogen and oxygen atoms in total. The van der Waals surface area contributed by atoms with Gasteiger partial charge in [0, 0.05) is 24.5 Å². The maximum atomic E-state index is 12.7. The summed E-state index contributed by atoms with van der Waals surface area (Å²) in [5.74, 6) is 2.33. The third kappa shape index (κ3) is 3.27. The zero-order valence-electron chi connectivity index (χ0n) is 19.1. The fourth-order valence-corrected chi connectivity index (χ4v) is 7.95. The van der Waals surface area contributed by atoms with Crippen molar-refractivity contribution in [2.24, 2.45) is 28.6 Å². The Labute approximate surface area is 195 Å². The molecule has 0 unspecified atom stereocenters. The Kier molecular flexibility index (Phi) is 5.31. The van der Waals surface area contributed by atoms with E-state index < -0.39 is 6.09 Å². The van der Waals surface area contributed by atoms with Crippen molar-refractivity contribution in [3.8, 4) is 5.75 Å². The van der Waals surface area contributed by atoms with Gasteiger partial charge in [0.15, 0.2) is 5.75 Å². The average molecular weight is 457 g/mol. The summed E-state index contributed by atoms with van der Waals surface area (Å²) in [5.41, 5.74) is 0.116. The number of likely N-dealkylation sites (N-methyl/N-ethyl adjacent to an activating group) is 1. The number of carbonyl (C=O) groups excluding carboxylic acids is 2. The molecule has 6 heteroatoms. The van der Waals surface area contributed by atoms with E-state index in [0.29, 0.717) is 34.6 Å². The van der Waals surface area contributed by atoms with E-state index in [4.69, 9.17) is 16.3 Å². The lowest BCUT2D eigenvalue weighted by Gasteiger charge is -2.60. The Morgan fingerprint density at radius 2 is 1.91 bits per heavy atom. The lowest BCUT2D eigenvalue weighted by molar-refractivity contribution is -0.138. The Balaban J connectivity index is 1.32. The largest absolute Gasteiger partial charge is 0.412 e. The van der Waals surface area contributed by atoms with Crippen LogP contribution in [-0.2, 0) is 4.79 Å². The molecule has 7 atom stereocenters. The van der Waals surface area contributed by atoms with E-state index >= 15 is 0 Å². The Morgan fingerprint density at radius 3 is 2.69 bits per heavy atom. The van der Waals surface area contributed by atoms with Gasteiger partial charge in [0.2, 0.25) is 5.91 Å². The van der Waals surface area contributed by atoms with Crippen LogP contribution in [0.5, 0.6) is 5.75 Å². The maximum absolute atomic E-state index is 12.7. The van der Waals surface area contributed by atoms with E-state index in [1.165, 1.54) is 0 Å². The Bertz CT molecular complexity index is 964. The van der Waals surface area contributed by atoms with Gasteiger partial charge in [0.05, 0.1) is 5.02 Å². The lowest BCUT2D eigenvalue weighted by Crippen LogP contribution is -2.60. The third-order valence-corrected chi connectivity index (χ3v) is 9.77. The summed E-state index contributed by atoms with van der Waals surface area (Å²) in [4.78, 5) is 26.9. The second-order valence-corrected chi connectivity index (χ2v) is 11.2. The summed E-state index contributed by atoms with van der Waals surface area (Å²) in [7, 11) is 1.96. The van der Waals surface area contributed by atoms with Crippen LogP contribution >= 0.6 is 11.6 Å². The first-order chi connectivity index (χ1) is 15.2. The van der Waals surface area contributed by atoms with Crippen molar-refractivity contribution in [1.29, 1.82) is 0 Å². The van der Waals surface area contributed by atoms with Gasteiger partial charge >= 0.3 is 6.09 Å². The number of rotatable bonds is 2. The molecule has 3 aliphatic carbocycles. The summed E-state index contributed by atoms with van der Waals surface area (Å²) in [5, 5.41) is 3.62. The molecule has 32 heavy (non-hydrogen) atoms. The zero-order chi connectivity index (χ0) is 22.7. The van der Waals surface area contributed by atoms with Gasteiger partial charge in [-0.2, -0.15) is 0 Å². The van der Waals surface area contributed by atoms with Crippen molar-refractivity contribution in [3.63, 3.8) is 0 Å². The van der Waals surface area contributed by atoms with Gasteiger partial charge in [-0.05, 0) is 79.9 Å². The second kappa shape index (κ2) is 7.79. The highest BCUT2D eigenvalue weighted by molar-refractivity contribution is 6.32. The van der Waals surface area contributed by atoms with Crippen LogP contribution in [-0.4, -0.2) is 36.0 Å². The number of hydrogen-bond acceptors (Lipinski definition) is 3. The van der Waals surface area contributed by atoms with Gasteiger partial charge in [0.25, 0.3) is 0 Å². The van der Waals surface area contributed by atoms with Crippen molar-refractivity contribution < 1.29 is 14.3 Å². The van der Waals surface area contributed by atoms with Crippen LogP contribution in [0, 0.1) is 28.6 Å². The summed E-state index contributed by atoms with van der Waals surface area (Å²) in [6.07, 6.45) is 10.1. The predicted molar refractivity (Wildman–Crippen MR) is 124 cm³/mol. The molecule has 2 amide bonds. The minimum absolute atomic E-state index is 0.0431. The standard InChI is InChI=1S/C26H33ClN2O3/c1-25-14-12-18-16(8-11-22-26(18,2)15-13-23(30)29(22)3)17(25)9-10-21(25)28-24(31)32-20-7-5-4-6-19(20)27/h4-7,13,15-18,21-22H,8-12,14H2,1-3H3,(H,28,31)/t16-,17-,18-,21-,22+,25-,26+/m0/s1. The van der Waals surface area contributed by atoms with Gasteiger partial charge in [-0.25, -0.2) is 4.79 Å². The number of fused-ring (bicyclic) bond motifs is 5. The average Bonchev–Trinajstić information content (AvgIpc) is 3.09. The zero-order valence-corrected chi connectivity index (χ0v) is 19.9. The molecule has 1 aliphatic heterocycles. The van der Waals surface area contributed by atoms with Crippen LogP contribution in [0.2, 0.25) is 5.02 Å². The first kappa shape index (κ1) is 21.8. The van der Waals surface area contributed by atoms with Crippen molar-refractivity contribution in [3.05, 3.63) is 41.4 Å². The highest BCUT2D eigenvalue weighted by atomic mass is 35.5. The number of para-hydroxylation sites is 1. The molecule has 3 saturated carbocycles. The molecular weight excluding hydrogens is 424 g/mol. The fourth-order valence-electron chi connectivity index (χ4n) is 7.77. The van der Waals surface area contributed by atoms with Crippen molar-refractivity contribution in [2.75, 3.05) is 7.05 Å². The molecular formula is C26H33ClN2O3. The molecule has 5 rings (SSSR count). The number of amides is 2. The van der Waals surface area contributed by atoms with E-state index in [1.54, 1.807) is 18.2 Å². The molecule has 0 spiro atoms. The van der Waals surface area contributed by atoms with Crippen molar-refractivity contribution >= 4 is 23.6 Å². The number of halogens is 1. The molecule has 1 heterocycles. The molecule has 1 aromatic carbocycles. The molecule has 0 bridgehead atoms. The van der Waals surface area contributed by atoms with Crippen LogP contribution in [0.3, 0.4) is 0 Å². The minimum atomic E-state index is -0.418. The first-order valence-electron chi connectivity index (χ1n) is 11.9. The van der Waals surface area contributed by atoms with Gasteiger partial charge in [-0.15, -0.1) is 0 Å². The smallest absolute Gasteiger partial charge is 0.409 e. The topological polar surface area (TPSA) is 58.6 Å². The number of carbonyl (C=O) groups is 2. The van der Waals surface area contributed by atoms with E-state index in [2.05, 4.69) is 25.2 Å². The van der Waals surface area contributed by atoms with E-state index in [1.807, 2.05) is 24.1 Å². The first-order valence-corrected chi connectivity index (χ1v) is 12.3. The molecule has 0 saturated heterocycles. The third-order valence-electron chi connectivity index (χ3n) is 9.46. The summed E-state index contributed by atoms with van der Waals surface area (Å²) in [6, 6.07) is 7.47. The number of nitrogens with zero attached hydrogens (tertiary/aromatic N) is 1. The molecule has 1 N–H and O–H groups in total. The predicted octanol–water partition coefficient (Wildman–Crippen LogP) is 5.44. The monoisotopic (exact) mass is 456 g/mol. The normalized spacial score (nSPS) is 40.3. The van der Waals surface area contributed by atoms with Crippen LogP contribution in [0.4, 0.5) is 4.79 Å². The van der Waals surface area contributed by atoms with E-state index in [-0.39, 0.29) is 22.8 Å². The van der Waals surface area contributed by atoms with Gasteiger partial charge in [0.1, 0.15) is 0 Å².